The Hall–Kier alpha value is -3.33. The lowest BCUT2D eigenvalue weighted by atomic mass is 10.1. The number of nitrogens with zero attached hydrogens (tertiary/aromatic N) is 1. The first kappa shape index (κ1) is 19.0. The summed E-state index contributed by atoms with van der Waals surface area (Å²) in [6, 6.07) is 6.85. The molecule has 1 N–H and O–H groups in total. The number of hydrogen-bond acceptors (Lipinski definition) is 8. The molecule has 0 radical (unpaired) electrons. The normalized spacial score (nSPS) is 12.1. The number of hydrogen-bond donors (Lipinski definition) is 1. The lowest BCUT2D eigenvalue weighted by molar-refractivity contribution is 0.0527. The summed E-state index contributed by atoms with van der Waals surface area (Å²) in [6.45, 7) is 5.86. The largest absolute Gasteiger partial charge is 0.462 e. The molecular formula is C20H18N2O6S. The van der Waals surface area contributed by atoms with Crippen LogP contribution in [-0.4, -0.2) is 30.4 Å². The average molecular weight is 414 g/mol. The van der Waals surface area contributed by atoms with Crippen LogP contribution in [0.1, 0.15) is 38.2 Å². The summed E-state index contributed by atoms with van der Waals surface area (Å²) in [4.78, 5) is 25.9. The number of amides is 1. The minimum atomic E-state index is -0.479. The number of aryl methyl sites for hydroxylation is 1. The maximum Gasteiger partial charge on any atom is 0.341 e. The number of aromatic nitrogens is 1. The van der Waals surface area contributed by atoms with Gasteiger partial charge in [-0.1, -0.05) is 5.16 Å². The van der Waals surface area contributed by atoms with E-state index in [9.17, 15) is 9.59 Å². The average Bonchev–Trinajstić information content (AvgIpc) is 3.41. The van der Waals surface area contributed by atoms with E-state index >= 15 is 0 Å². The Labute approximate surface area is 170 Å². The van der Waals surface area contributed by atoms with E-state index in [2.05, 4.69) is 10.5 Å². The molecule has 0 saturated heterocycles. The van der Waals surface area contributed by atoms with E-state index in [0.717, 1.165) is 10.4 Å². The number of ether oxygens (including phenoxy) is 3. The lowest BCUT2D eigenvalue weighted by Gasteiger charge is -2.05. The number of rotatable bonds is 5. The molecule has 1 aliphatic rings. The molecule has 150 valence electrons. The van der Waals surface area contributed by atoms with Crippen molar-refractivity contribution in [1.29, 1.82) is 0 Å². The third-order valence-electron chi connectivity index (χ3n) is 4.49. The van der Waals surface area contributed by atoms with Crippen LogP contribution < -0.4 is 14.8 Å². The van der Waals surface area contributed by atoms with E-state index in [1.165, 1.54) is 17.4 Å². The smallest absolute Gasteiger partial charge is 0.341 e. The van der Waals surface area contributed by atoms with Gasteiger partial charge >= 0.3 is 5.97 Å². The summed E-state index contributed by atoms with van der Waals surface area (Å²) in [7, 11) is 0. The van der Waals surface area contributed by atoms with Crippen molar-refractivity contribution < 1.29 is 28.3 Å². The molecular weight excluding hydrogens is 396 g/mol. The fraction of sp³-hybridized carbons (Fsp3) is 0.250. The first-order chi connectivity index (χ1) is 14.0. The fourth-order valence-corrected chi connectivity index (χ4v) is 3.94. The monoisotopic (exact) mass is 414 g/mol. The second kappa shape index (κ2) is 7.59. The third-order valence-corrected chi connectivity index (χ3v) is 5.61. The van der Waals surface area contributed by atoms with E-state index in [-0.39, 0.29) is 19.1 Å². The first-order valence-electron chi connectivity index (χ1n) is 8.93. The Kier molecular flexibility index (Phi) is 4.98. The van der Waals surface area contributed by atoms with Gasteiger partial charge in [0.25, 0.3) is 5.91 Å². The highest BCUT2D eigenvalue weighted by Crippen LogP contribution is 2.36. The Morgan fingerprint density at radius 3 is 2.79 bits per heavy atom. The van der Waals surface area contributed by atoms with Crippen LogP contribution in [0.2, 0.25) is 0 Å². The molecule has 1 amide bonds. The molecule has 0 atom stereocenters. The highest BCUT2D eigenvalue weighted by atomic mass is 32.1. The molecule has 0 aliphatic carbocycles. The van der Waals surface area contributed by atoms with Gasteiger partial charge in [-0.05, 0) is 44.5 Å². The fourth-order valence-electron chi connectivity index (χ4n) is 2.90. The second-order valence-corrected chi connectivity index (χ2v) is 7.53. The topological polar surface area (TPSA) is 99.9 Å². The van der Waals surface area contributed by atoms with Crippen LogP contribution in [0, 0.1) is 13.8 Å². The summed E-state index contributed by atoms with van der Waals surface area (Å²) >= 11 is 1.31. The zero-order valence-electron chi connectivity index (χ0n) is 16.0. The van der Waals surface area contributed by atoms with Crippen LogP contribution >= 0.6 is 11.3 Å². The predicted molar refractivity (Wildman–Crippen MR) is 106 cm³/mol. The van der Waals surface area contributed by atoms with Crippen LogP contribution in [-0.2, 0) is 4.74 Å². The summed E-state index contributed by atoms with van der Waals surface area (Å²) in [5.74, 6) is 0.727. The van der Waals surface area contributed by atoms with Crippen molar-refractivity contribution in [2.24, 2.45) is 0 Å². The number of anilines is 1. The summed E-state index contributed by atoms with van der Waals surface area (Å²) < 4.78 is 21.1. The molecule has 0 spiro atoms. The van der Waals surface area contributed by atoms with Crippen molar-refractivity contribution in [2.45, 2.75) is 20.8 Å². The Morgan fingerprint density at radius 2 is 2.00 bits per heavy atom. The summed E-state index contributed by atoms with van der Waals surface area (Å²) in [6.07, 6.45) is 0. The number of benzene rings is 1. The van der Waals surface area contributed by atoms with Gasteiger partial charge in [0.2, 0.25) is 6.79 Å². The zero-order chi connectivity index (χ0) is 20.5. The molecule has 2 aromatic heterocycles. The molecule has 8 nitrogen and oxygen atoms in total. The third kappa shape index (κ3) is 3.56. The van der Waals surface area contributed by atoms with Crippen molar-refractivity contribution in [3.63, 3.8) is 0 Å². The van der Waals surface area contributed by atoms with E-state index < -0.39 is 11.9 Å². The van der Waals surface area contributed by atoms with Gasteiger partial charge in [0.1, 0.15) is 5.00 Å². The number of esters is 1. The van der Waals surface area contributed by atoms with Crippen molar-refractivity contribution in [1.82, 2.24) is 5.16 Å². The molecule has 3 heterocycles. The molecule has 0 fully saturated rings. The Balaban J connectivity index is 1.56. The molecule has 29 heavy (non-hydrogen) atoms. The zero-order valence-corrected chi connectivity index (χ0v) is 16.8. The van der Waals surface area contributed by atoms with Crippen molar-refractivity contribution in [2.75, 3.05) is 18.7 Å². The van der Waals surface area contributed by atoms with Gasteiger partial charge in [0, 0.05) is 16.5 Å². The van der Waals surface area contributed by atoms with Gasteiger partial charge < -0.3 is 24.1 Å². The van der Waals surface area contributed by atoms with Crippen molar-refractivity contribution in [3.8, 4) is 22.8 Å². The highest BCUT2D eigenvalue weighted by molar-refractivity contribution is 7.16. The number of carbonyl (C=O) groups excluding carboxylic acids is 2. The molecule has 0 saturated carbocycles. The second-order valence-electron chi connectivity index (χ2n) is 6.31. The van der Waals surface area contributed by atoms with Crippen molar-refractivity contribution in [3.05, 3.63) is 46.0 Å². The first-order valence-corrected chi connectivity index (χ1v) is 9.74. The lowest BCUT2D eigenvalue weighted by Crippen LogP contribution is -2.15. The van der Waals surface area contributed by atoms with Crippen LogP contribution in [0.3, 0.4) is 0 Å². The quantitative estimate of drug-likeness (QED) is 0.625. The van der Waals surface area contributed by atoms with Gasteiger partial charge in [-0.2, -0.15) is 0 Å². The molecule has 4 rings (SSSR count). The van der Waals surface area contributed by atoms with E-state index in [4.69, 9.17) is 18.7 Å². The van der Waals surface area contributed by atoms with Gasteiger partial charge in [-0.15, -0.1) is 11.3 Å². The number of nitrogens with one attached hydrogen (secondary N) is 1. The molecule has 1 aliphatic heterocycles. The maximum absolute atomic E-state index is 12.7. The summed E-state index contributed by atoms with van der Waals surface area (Å²) in [5, 5.41) is 7.02. The van der Waals surface area contributed by atoms with Crippen molar-refractivity contribution >= 4 is 28.2 Å². The van der Waals surface area contributed by atoms with Crippen LogP contribution in [0.15, 0.2) is 28.8 Å². The van der Waals surface area contributed by atoms with E-state index in [1.54, 1.807) is 25.1 Å². The number of fused-ring (bicyclic) bond motifs is 1. The molecule has 0 unspecified atom stereocenters. The van der Waals surface area contributed by atoms with Crippen LogP contribution in [0.25, 0.3) is 11.3 Å². The molecule has 3 aromatic rings. The highest BCUT2D eigenvalue weighted by Gasteiger charge is 2.24. The van der Waals surface area contributed by atoms with E-state index in [0.29, 0.717) is 33.4 Å². The standard InChI is InChI=1S/C20H18N2O6S/c1-4-25-20(24)17-10(2)11(3)29-19(17)21-18(23)13-8-15(28-22-13)12-5-6-14-16(7-12)27-9-26-14/h5-8H,4,9H2,1-3H3,(H,21,23). The van der Waals surface area contributed by atoms with Gasteiger partial charge in [-0.25, -0.2) is 4.79 Å². The molecule has 9 heteroatoms. The maximum atomic E-state index is 12.7. The van der Waals surface area contributed by atoms with Gasteiger partial charge in [-0.3, -0.25) is 4.79 Å². The van der Waals surface area contributed by atoms with E-state index in [1.807, 2.05) is 13.8 Å². The van der Waals surface area contributed by atoms with Gasteiger partial charge in [0.15, 0.2) is 23.0 Å². The number of thiophene rings is 1. The number of carbonyl (C=O) groups is 2. The Morgan fingerprint density at radius 1 is 1.21 bits per heavy atom. The molecule has 0 bridgehead atoms. The van der Waals surface area contributed by atoms with Gasteiger partial charge in [0.05, 0.1) is 12.2 Å². The van der Waals surface area contributed by atoms with Crippen LogP contribution in [0.4, 0.5) is 5.00 Å². The predicted octanol–water partition coefficient (Wildman–Crippen LogP) is 4.18. The minimum absolute atomic E-state index is 0.0937. The van der Waals surface area contributed by atoms with Crippen LogP contribution in [0.5, 0.6) is 11.5 Å². The summed E-state index contributed by atoms with van der Waals surface area (Å²) in [5.41, 5.74) is 1.94. The molecule has 1 aromatic carbocycles. The SMILES string of the molecule is CCOC(=O)c1c(NC(=O)c2cc(-c3ccc4c(c3)OCO4)on2)sc(C)c1C. The minimum Gasteiger partial charge on any atom is -0.462 e. The Bertz CT molecular complexity index is 1100.